The van der Waals surface area contributed by atoms with Crippen molar-refractivity contribution in [3.63, 3.8) is 0 Å². The molecule has 15 heavy (non-hydrogen) atoms. The molecule has 2 nitrogen and oxygen atoms in total. The van der Waals surface area contributed by atoms with Crippen LogP contribution in [0.2, 0.25) is 0 Å². The van der Waals surface area contributed by atoms with Crippen LogP contribution in [-0.4, -0.2) is 0 Å². The summed E-state index contributed by atoms with van der Waals surface area (Å²) < 4.78 is 6.11. The molecule has 0 aliphatic heterocycles. The molecule has 1 aromatic carbocycles. The van der Waals surface area contributed by atoms with Crippen molar-refractivity contribution in [3.8, 4) is 0 Å². The highest BCUT2D eigenvalue weighted by Gasteiger charge is 1.99. The highest BCUT2D eigenvalue weighted by molar-refractivity contribution is 9.10. The van der Waals surface area contributed by atoms with Gasteiger partial charge in [0.25, 0.3) is 0 Å². The number of hydrogen-bond donors (Lipinski definition) is 1. The number of nitrogens with one attached hydrogen (secondary N) is 1. The number of benzene rings is 1. The molecule has 78 valence electrons. The molecular formula is C12H12BrNO. The van der Waals surface area contributed by atoms with Gasteiger partial charge < -0.3 is 9.73 Å². The first-order valence-electron chi connectivity index (χ1n) is 4.77. The standard InChI is InChI=1S/C12H12BrNO/c1-9-6-11(13)2-3-12(9)14-7-10-4-5-15-8-10/h2-6,8,14H,7H2,1H3. The molecule has 0 saturated heterocycles. The van der Waals surface area contributed by atoms with E-state index < -0.39 is 0 Å². The maximum atomic E-state index is 5.00. The third kappa shape index (κ3) is 2.63. The van der Waals surface area contributed by atoms with Gasteiger partial charge in [0.05, 0.1) is 12.5 Å². The lowest BCUT2D eigenvalue weighted by Crippen LogP contribution is -1.99. The Kier molecular flexibility index (Phi) is 3.11. The third-order valence-electron chi connectivity index (χ3n) is 2.25. The van der Waals surface area contributed by atoms with E-state index in [1.54, 1.807) is 12.5 Å². The molecule has 0 aliphatic rings. The third-order valence-corrected chi connectivity index (χ3v) is 2.74. The molecule has 0 atom stereocenters. The Morgan fingerprint density at radius 2 is 2.20 bits per heavy atom. The van der Waals surface area contributed by atoms with Gasteiger partial charge in [-0.15, -0.1) is 0 Å². The molecular weight excluding hydrogens is 254 g/mol. The van der Waals surface area contributed by atoms with Crippen LogP contribution in [0.1, 0.15) is 11.1 Å². The number of hydrogen-bond acceptors (Lipinski definition) is 2. The highest BCUT2D eigenvalue weighted by Crippen LogP contribution is 2.20. The van der Waals surface area contributed by atoms with E-state index in [1.807, 2.05) is 12.1 Å². The van der Waals surface area contributed by atoms with Gasteiger partial charge in [0.2, 0.25) is 0 Å². The summed E-state index contributed by atoms with van der Waals surface area (Å²) in [5, 5.41) is 3.36. The Labute approximate surface area is 97.4 Å². The first-order valence-corrected chi connectivity index (χ1v) is 5.56. The molecule has 0 spiro atoms. The monoisotopic (exact) mass is 265 g/mol. The Bertz CT molecular complexity index is 437. The fourth-order valence-corrected chi connectivity index (χ4v) is 1.89. The molecule has 0 bridgehead atoms. The van der Waals surface area contributed by atoms with E-state index in [-0.39, 0.29) is 0 Å². The van der Waals surface area contributed by atoms with Crippen molar-refractivity contribution in [2.24, 2.45) is 0 Å². The fourth-order valence-electron chi connectivity index (χ4n) is 1.42. The summed E-state index contributed by atoms with van der Waals surface area (Å²) in [5.41, 5.74) is 3.53. The molecule has 0 fully saturated rings. The average Bonchev–Trinajstić information content (AvgIpc) is 2.69. The number of rotatable bonds is 3. The summed E-state index contributed by atoms with van der Waals surface area (Å²) in [6.07, 6.45) is 3.44. The van der Waals surface area contributed by atoms with Crippen LogP contribution in [0.5, 0.6) is 0 Å². The Morgan fingerprint density at radius 1 is 1.33 bits per heavy atom. The molecule has 1 N–H and O–H groups in total. The lowest BCUT2D eigenvalue weighted by Gasteiger charge is -2.08. The lowest BCUT2D eigenvalue weighted by molar-refractivity contribution is 0.564. The van der Waals surface area contributed by atoms with Crippen LogP contribution in [0.3, 0.4) is 0 Å². The number of anilines is 1. The molecule has 0 amide bonds. The van der Waals surface area contributed by atoms with Crippen molar-refractivity contribution in [1.82, 2.24) is 0 Å². The van der Waals surface area contributed by atoms with Crippen molar-refractivity contribution in [3.05, 3.63) is 52.4 Å². The number of halogens is 1. The maximum absolute atomic E-state index is 5.00. The molecule has 2 rings (SSSR count). The Morgan fingerprint density at radius 3 is 2.87 bits per heavy atom. The summed E-state index contributed by atoms with van der Waals surface area (Å²) in [6, 6.07) is 8.16. The van der Waals surface area contributed by atoms with E-state index in [0.717, 1.165) is 22.3 Å². The first kappa shape index (κ1) is 10.3. The van der Waals surface area contributed by atoms with Gasteiger partial charge in [0.1, 0.15) is 0 Å². The van der Waals surface area contributed by atoms with E-state index >= 15 is 0 Å². The first-order chi connectivity index (χ1) is 7.25. The van der Waals surface area contributed by atoms with E-state index in [4.69, 9.17) is 4.42 Å². The van der Waals surface area contributed by atoms with Gasteiger partial charge in [-0.25, -0.2) is 0 Å². The van der Waals surface area contributed by atoms with E-state index in [0.29, 0.717) is 0 Å². The summed E-state index contributed by atoms with van der Waals surface area (Å²) in [7, 11) is 0. The minimum absolute atomic E-state index is 0.791. The number of aryl methyl sites for hydroxylation is 1. The van der Waals surface area contributed by atoms with Gasteiger partial charge in [-0.1, -0.05) is 15.9 Å². The zero-order chi connectivity index (χ0) is 10.7. The van der Waals surface area contributed by atoms with Crippen LogP contribution in [-0.2, 0) is 6.54 Å². The van der Waals surface area contributed by atoms with Crippen LogP contribution in [0.25, 0.3) is 0 Å². The molecule has 1 aromatic heterocycles. The summed E-state index contributed by atoms with van der Waals surface area (Å²) >= 11 is 3.44. The second-order valence-corrected chi connectivity index (χ2v) is 4.36. The predicted octanol–water partition coefficient (Wildman–Crippen LogP) is 3.96. The van der Waals surface area contributed by atoms with Crippen LogP contribution < -0.4 is 5.32 Å². The number of furan rings is 1. The second-order valence-electron chi connectivity index (χ2n) is 3.44. The fraction of sp³-hybridized carbons (Fsp3) is 0.167. The normalized spacial score (nSPS) is 10.3. The van der Waals surface area contributed by atoms with Gasteiger partial charge in [0, 0.05) is 22.3 Å². The minimum atomic E-state index is 0.791. The van der Waals surface area contributed by atoms with Gasteiger partial charge >= 0.3 is 0 Å². The van der Waals surface area contributed by atoms with Crippen molar-refractivity contribution in [2.75, 3.05) is 5.32 Å². The minimum Gasteiger partial charge on any atom is -0.472 e. The molecule has 0 saturated carbocycles. The van der Waals surface area contributed by atoms with Crippen molar-refractivity contribution in [1.29, 1.82) is 0 Å². The van der Waals surface area contributed by atoms with E-state index in [9.17, 15) is 0 Å². The average molecular weight is 266 g/mol. The Hall–Kier alpha value is -1.22. The van der Waals surface area contributed by atoms with Crippen molar-refractivity contribution in [2.45, 2.75) is 13.5 Å². The zero-order valence-corrected chi connectivity index (χ0v) is 10.0. The zero-order valence-electron chi connectivity index (χ0n) is 8.46. The largest absolute Gasteiger partial charge is 0.472 e. The van der Waals surface area contributed by atoms with Crippen LogP contribution in [0.4, 0.5) is 5.69 Å². The smallest absolute Gasteiger partial charge is 0.0952 e. The molecule has 1 heterocycles. The second kappa shape index (κ2) is 4.53. The molecule has 0 aliphatic carbocycles. The molecule has 0 unspecified atom stereocenters. The lowest BCUT2D eigenvalue weighted by atomic mass is 10.2. The predicted molar refractivity (Wildman–Crippen MR) is 64.9 cm³/mol. The van der Waals surface area contributed by atoms with Crippen molar-refractivity contribution < 1.29 is 4.42 Å². The van der Waals surface area contributed by atoms with E-state index in [1.165, 1.54) is 5.56 Å². The highest BCUT2D eigenvalue weighted by atomic mass is 79.9. The van der Waals surface area contributed by atoms with Gasteiger partial charge in [-0.05, 0) is 36.8 Å². The quantitative estimate of drug-likeness (QED) is 0.909. The van der Waals surface area contributed by atoms with Gasteiger partial charge in [0.15, 0.2) is 0 Å². The molecule has 2 aromatic rings. The summed E-state index contributed by atoms with van der Waals surface area (Å²) in [4.78, 5) is 0. The van der Waals surface area contributed by atoms with Crippen LogP contribution >= 0.6 is 15.9 Å². The van der Waals surface area contributed by atoms with Gasteiger partial charge in [-0.3, -0.25) is 0 Å². The topological polar surface area (TPSA) is 25.2 Å². The summed E-state index contributed by atoms with van der Waals surface area (Å²) in [6.45, 7) is 2.88. The van der Waals surface area contributed by atoms with E-state index in [2.05, 4.69) is 40.3 Å². The van der Waals surface area contributed by atoms with Crippen LogP contribution in [0, 0.1) is 6.92 Å². The molecule has 3 heteroatoms. The summed E-state index contributed by atoms with van der Waals surface area (Å²) in [5.74, 6) is 0. The SMILES string of the molecule is Cc1cc(Br)ccc1NCc1ccoc1. The maximum Gasteiger partial charge on any atom is 0.0952 e. The molecule has 0 radical (unpaired) electrons. The van der Waals surface area contributed by atoms with Crippen molar-refractivity contribution >= 4 is 21.6 Å². The van der Waals surface area contributed by atoms with Gasteiger partial charge in [-0.2, -0.15) is 0 Å². The van der Waals surface area contributed by atoms with Crippen LogP contribution in [0.15, 0.2) is 45.7 Å². The Balaban J connectivity index is 2.05.